The van der Waals surface area contributed by atoms with Gasteiger partial charge in [-0.25, -0.2) is 0 Å². The molecule has 0 bridgehead atoms. The highest BCUT2D eigenvalue weighted by Gasteiger charge is 2.08. The SMILES string of the molecule is COc1ccc(CCNC(=O)COC(=O)CCCOc2ccc(Cl)cc2C)cc1. The first-order valence-electron chi connectivity index (χ1n) is 9.42. The van der Waals surface area contributed by atoms with Gasteiger partial charge in [0.15, 0.2) is 6.61 Å². The van der Waals surface area contributed by atoms with E-state index in [1.54, 1.807) is 19.2 Å². The Morgan fingerprint density at radius 3 is 2.55 bits per heavy atom. The van der Waals surface area contributed by atoms with Crippen molar-refractivity contribution >= 4 is 23.5 Å². The summed E-state index contributed by atoms with van der Waals surface area (Å²) in [7, 11) is 1.62. The molecule has 156 valence electrons. The predicted molar refractivity (Wildman–Crippen MR) is 112 cm³/mol. The number of rotatable bonds is 11. The van der Waals surface area contributed by atoms with Crippen molar-refractivity contribution in [2.24, 2.45) is 0 Å². The van der Waals surface area contributed by atoms with Crippen molar-refractivity contribution in [1.29, 1.82) is 0 Å². The summed E-state index contributed by atoms with van der Waals surface area (Å²) < 4.78 is 15.7. The summed E-state index contributed by atoms with van der Waals surface area (Å²) in [6, 6.07) is 13.0. The fraction of sp³-hybridized carbons (Fsp3) is 0.364. The Labute approximate surface area is 176 Å². The molecule has 29 heavy (non-hydrogen) atoms. The smallest absolute Gasteiger partial charge is 0.306 e. The summed E-state index contributed by atoms with van der Waals surface area (Å²) >= 11 is 5.90. The number of nitrogens with one attached hydrogen (secondary N) is 1. The molecule has 0 spiro atoms. The van der Waals surface area contributed by atoms with E-state index in [4.69, 9.17) is 25.8 Å². The largest absolute Gasteiger partial charge is 0.497 e. The van der Waals surface area contributed by atoms with Crippen LogP contribution in [0.25, 0.3) is 0 Å². The third-order valence-electron chi connectivity index (χ3n) is 4.18. The van der Waals surface area contributed by atoms with Gasteiger partial charge in [-0.2, -0.15) is 0 Å². The summed E-state index contributed by atoms with van der Waals surface area (Å²) in [5, 5.41) is 3.39. The van der Waals surface area contributed by atoms with Crippen molar-refractivity contribution in [1.82, 2.24) is 5.32 Å². The summed E-state index contributed by atoms with van der Waals surface area (Å²) in [5.74, 6) is 0.782. The third kappa shape index (κ3) is 8.44. The van der Waals surface area contributed by atoms with Crippen LogP contribution in [-0.4, -0.2) is 38.7 Å². The zero-order valence-corrected chi connectivity index (χ0v) is 17.5. The highest BCUT2D eigenvalue weighted by Crippen LogP contribution is 2.21. The molecule has 2 aromatic carbocycles. The molecule has 0 aliphatic heterocycles. The Hall–Kier alpha value is -2.73. The zero-order valence-electron chi connectivity index (χ0n) is 16.7. The maximum Gasteiger partial charge on any atom is 0.306 e. The van der Waals surface area contributed by atoms with E-state index in [1.807, 2.05) is 37.3 Å². The molecule has 0 atom stereocenters. The number of hydrogen-bond donors (Lipinski definition) is 1. The molecule has 0 radical (unpaired) electrons. The normalized spacial score (nSPS) is 10.3. The third-order valence-corrected chi connectivity index (χ3v) is 4.41. The van der Waals surface area contributed by atoms with Crippen molar-refractivity contribution < 1.29 is 23.8 Å². The van der Waals surface area contributed by atoms with Crippen LogP contribution in [-0.2, 0) is 20.7 Å². The van der Waals surface area contributed by atoms with Crippen molar-refractivity contribution in [2.45, 2.75) is 26.2 Å². The molecule has 0 aliphatic carbocycles. The molecule has 0 aromatic heterocycles. The first-order chi connectivity index (χ1) is 14.0. The van der Waals surface area contributed by atoms with Gasteiger partial charge >= 0.3 is 5.97 Å². The summed E-state index contributed by atoms with van der Waals surface area (Å²) in [6.07, 6.45) is 1.37. The Morgan fingerprint density at radius 1 is 1.10 bits per heavy atom. The number of esters is 1. The standard InChI is InChI=1S/C22H26ClNO5/c1-16-14-18(23)7-10-20(16)28-13-3-4-22(26)29-15-21(25)24-12-11-17-5-8-19(27-2)9-6-17/h5-10,14H,3-4,11-13,15H2,1-2H3,(H,24,25). The summed E-state index contributed by atoms with van der Waals surface area (Å²) in [5.41, 5.74) is 2.02. The van der Waals surface area contributed by atoms with Crippen LogP contribution in [0.2, 0.25) is 5.02 Å². The molecule has 0 fully saturated rings. The van der Waals surface area contributed by atoms with Crippen LogP contribution in [0.4, 0.5) is 0 Å². The lowest BCUT2D eigenvalue weighted by Gasteiger charge is -2.09. The van der Waals surface area contributed by atoms with Gasteiger partial charge in [0.1, 0.15) is 11.5 Å². The monoisotopic (exact) mass is 419 g/mol. The number of carbonyl (C=O) groups excluding carboxylic acids is 2. The van der Waals surface area contributed by atoms with E-state index in [0.717, 1.165) is 22.6 Å². The van der Waals surface area contributed by atoms with Gasteiger partial charge in [-0.05, 0) is 61.2 Å². The number of benzene rings is 2. The minimum atomic E-state index is -0.424. The second-order valence-corrected chi connectivity index (χ2v) is 6.91. The van der Waals surface area contributed by atoms with E-state index in [0.29, 0.717) is 31.0 Å². The number of hydrogen-bond acceptors (Lipinski definition) is 5. The fourth-order valence-corrected chi connectivity index (χ4v) is 2.81. The predicted octanol–water partition coefficient (Wildman–Crippen LogP) is 3.72. The number of carbonyl (C=O) groups is 2. The van der Waals surface area contributed by atoms with Gasteiger partial charge in [0, 0.05) is 18.0 Å². The van der Waals surface area contributed by atoms with E-state index in [1.165, 1.54) is 0 Å². The molecular weight excluding hydrogens is 394 g/mol. The van der Waals surface area contributed by atoms with Crippen LogP contribution in [0.3, 0.4) is 0 Å². The molecule has 1 N–H and O–H groups in total. The maximum atomic E-state index is 11.8. The van der Waals surface area contributed by atoms with E-state index >= 15 is 0 Å². The maximum absolute atomic E-state index is 11.8. The number of methoxy groups -OCH3 is 1. The van der Waals surface area contributed by atoms with Gasteiger partial charge in [-0.3, -0.25) is 9.59 Å². The Kier molecular flexibility index (Phi) is 9.31. The van der Waals surface area contributed by atoms with Crippen molar-refractivity contribution in [3.05, 3.63) is 58.6 Å². The molecule has 2 aromatic rings. The number of amides is 1. The van der Waals surface area contributed by atoms with Crippen molar-refractivity contribution in [3.8, 4) is 11.5 Å². The molecule has 7 heteroatoms. The summed E-state index contributed by atoms with van der Waals surface area (Å²) in [6.45, 7) is 2.48. The quantitative estimate of drug-likeness (QED) is 0.444. The van der Waals surface area contributed by atoms with Gasteiger partial charge in [-0.1, -0.05) is 23.7 Å². The summed E-state index contributed by atoms with van der Waals surface area (Å²) in [4.78, 5) is 23.5. The number of halogens is 1. The number of aryl methyl sites for hydroxylation is 1. The zero-order chi connectivity index (χ0) is 21.1. The van der Waals surface area contributed by atoms with Gasteiger partial charge in [0.05, 0.1) is 13.7 Å². The van der Waals surface area contributed by atoms with E-state index in [2.05, 4.69) is 5.32 Å². The van der Waals surface area contributed by atoms with E-state index in [-0.39, 0.29) is 18.9 Å². The van der Waals surface area contributed by atoms with Crippen LogP contribution < -0.4 is 14.8 Å². The molecular formula is C22H26ClNO5. The molecule has 0 saturated carbocycles. The molecule has 0 heterocycles. The Morgan fingerprint density at radius 2 is 1.86 bits per heavy atom. The number of ether oxygens (including phenoxy) is 3. The first kappa shape index (κ1) is 22.6. The second-order valence-electron chi connectivity index (χ2n) is 6.47. The highest BCUT2D eigenvalue weighted by atomic mass is 35.5. The van der Waals surface area contributed by atoms with Gasteiger partial charge in [-0.15, -0.1) is 0 Å². The first-order valence-corrected chi connectivity index (χ1v) is 9.80. The van der Waals surface area contributed by atoms with Crippen LogP contribution in [0.1, 0.15) is 24.0 Å². The minimum absolute atomic E-state index is 0.186. The fourth-order valence-electron chi connectivity index (χ4n) is 2.58. The molecule has 1 amide bonds. The van der Waals surface area contributed by atoms with Crippen molar-refractivity contribution in [3.63, 3.8) is 0 Å². The van der Waals surface area contributed by atoms with Crippen LogP contribution in [0, 0.1) is 6.92 Å². The lowest BCUT2D eigenvalue weighted by Crippen LogP contribution is -2.30. The highest BCUT2D eigenvalue weighted by molar-refractivity contribution is 6.30. The van der Waals surface area contributed by atoms with Crippen LogP contribution in [0.15, 0.2) is 42.5 Å². The second kappa shape index (κ2) is 12.0. The van der Waals surface area contributed by atoms with Gasteiger partial charge in [0.25, 0.3) is 5.91 Å². The van der Waals surface area contributed by atoms with E-state index < -0.39 is 5.97 Å². The minimum Gasteiger partial charge on any atom is -0.497 e. The van der Waals surface area contributed by atoms with E-state index in [9.17, 15) is 9.59 Å². The average molecular weight is 420 g/mol. The molecule has 2 rings (SSSR count). The molecule has 0 aliphatic rings. The Balaban J connectivity index is 1.55. The topological polar surface area (TPSA) is 73.9 Å². The van der Waals surface area contributed by atoms with Gasteiger partial charge in [0.2, 0.25) is 0 Å². The van der Waals surface area contributed by atoms with Crippen LogP contribution >= 0.6 is 11.6 Å². The van der Waals surface area contributed by atoms with Crippen LogP contribution in [0.5, 0.6) is 11.5 Å². The lowest BCUT2D eigenvalue weighted by molar-refractivity contribution is -0.148. The molecule has 6 nitrogen and oxygen atoms in total. The average Bonchev–Trinajstić information content (AvgIpc) is 2.71. The Bertz CT molecular complexity index is 807. The van der Waals surface area contributed by atoms with Crippen molar-refractivity contribution in [2.75, 3.05) is 26.9 Å². The lowest BCUT2D eigenvalue weighted by atomic mass is 10.1. The molecule has 0 saturated heterocycles. The molecule has 0 unspecified atom stereocenters. The van der Waals surface area contributed by atoms with Gasteiger partial charge < -0.3 is 19.5 Å².